The second-order valence-electron chi connectivity index (χ2n) is 9.89. The van der Waals surface area contributed by atoms with Crippen LogP contribution in [-0.4, -0.2) is 23.2 Å². The Kier molecular flexibility index (Phi) is 5.14. The van der Waals surface area contributed by atoms with Gasteiger partial charge in [0.15, 0.2) is 0 Å². The summed E-state index contributed by atoms with van der Waals surface area (Å²) in [6.45, 7) is 4.57. The zero-order chi connectivity index (χ0) is 21.8. The van der Waals surface area contributed by atoms with Crippen molar-refractivity contribution in [1.29, 1.82) is 0 Å². The first-order chi connectivity index (χ1) is 14.8. The summed E-state index contributed by atoms with van der Waals surface area (Å²) >= 11 is -0.220. The summed E-state index contributed by atoms with van der Waals surface area (Å²) in [6.07, 6.45) is 2.83. The number of hydrogen-bond acceptors (Lipinski definition) is 3. The molecule has 31 heavy (non-hydrogen) atoms. The summed E-state index contributed by atoms with van der Waals surface area (Å²) in [4.78, 5) is 9.53. The molecular formula is C27H28GeN2S. The molecule has 0 bridgehead atoms. The molecule has 0 aliphatic carbocycles. The minimum absolute atomic E-state index is 0.628. The Morgan fingerprint density at radius 2 is 1.65 bits per heavy atom. The summed E-state index contributed by atoms with van der Waals surface area (Å²) in [5.74, 6) is 8.04. The van der Waals surface area contributed by atoms with E-state index in [1.165, 1.54) is 36.7 Å². The Hall–Kier alpha value is -2.24. The molecule has 0 aliphatic heterocycles. The third-order valence-electron chi connectivity index (χ3n) is 5.93. The first-order valence-corrected chi connectivity index (χ1v) is 19.2. The standard InChI is InChI=1S/C27H28GeN2S/c1-17(2)13-19-10-8-12-22-25-27(31-26(19)22)24(29-16-30-25)20-14-18-9-6-7-11-21(18)23(15-20)28(3,4)5/h6-12,14-17H,13H2,1-5H3. The van der Waals surface area contributed by atoms with Crippen molar-refractivity contribution in [3.05, 3.63) is 66.5 Å². The molecule has 2 nitrogen and oxygen atoms in total. The van der Waals surface area contributed by atoms with Crippen LogP contribution in [0.3, 0.4) is 0 Å². The Morgan fingerprint density at radius 3 is 2.42 bits per heavy atom. The van der Waals surface area contributed by atoms with Gasteiger partial charge in [0.05, 0.1) is 0 Å². The van der Waals surface area contributed by atoms with Crippen molar-refractivity contribution < 1.29 is 0 Å². The van der Waals surface area contributed by atoms with Gasteiger partial charge >= 0.3 is 191 Å². The molecule has 2 heterocycles. The van der Waals surface area contributed by atoms with Gasteiger partial charge in [-0.25, -0.2) is 0 Å². The second-order valence-corrected chi connectivity index (χ2v) is 21.5. The molecule has 3 aromatic carbocycles. The first kappa shape index (κ1) is 20.7. The monoisotopic (exact) mass is 486 g/mol. The van der Waals surface area contributed by atoms with Crippen LogP contribution < -0.4 is 4.40 Å². The van der Waals surface area contributed by atoms with Crippen molar-refractivity contribution in [2.24, 2.45) is 5.92 Å². The topological polar surface area (TPSA) is 25.8 Å². The molecule has 5 aromatic rings. The van der Waals surface area contributed by atoms with E-state index >= 15 is 0 Å². The Balaban J connectivity index is 1.81. The van der Waals surface area contributed by atoms with E-state index in [0.717, 1.165) is 17.6 Å². The SMILES string of the molecule is CC(C)Cc1cccc2c1sc1c(-c3c[c]([Ge]([CH3])([CH3])[CH3])c4ccccc4c3)ncnc12. The fourth-order valence-corrected chi connectivity index (χ4v) is 9.23. The number of hydrogen-bond donors (Lipinski definition) is 0. The molecule has 0 N–H and O–H groups in total. The van der Waals surface area contributed by atoms with Gasteiger partial charge in [0.2, 0.25) is 0 Å². The van der Waals surface area contributed by atoms with Gasteiger partial charge in [-0.2, -0.15) is 0 Å². The number of benzene rings is 3. The average molecular weight is 485 g/mol. The van der Waals surface area contributed by atoms with Crippen LogP contribution in [-0.2, 0) is 6.42 Å². The van der Waals surface area contributed by atoms with Gasteiger partial charge in [-0.1, -0.05) is 0 Å². The van der Waals surface area contributed by atoms with Gasteiger partial charge < -0.3 is 0 Å². The Bertz CT molecular complexity index is 1430. The number of fused-ring (bicyclic) bond motifs is 4. The molecule has 0 atom stereocenters. The van der Waals surface area contributed by atoms with Crippen molar-refractivity contribution in [2.45, 2.75) is 37.5 Å². The van der Waals surface area contributed by atoms with Crippen molar-refractivity contribution >= 4 is 60.1 Å². The van der Waals surface area contributed by atoms with E-state index in [-0.39, 0.29) is 0 Å². The van der Waals surface area contributed by atoms with E-state index in [4.69, 9.17) is 9.97 Å². The Morgan fingerprint density at radius 1 is 0.871 bits per heavy atom. The summed E-state index contributed by atoms with van der Waals surface area (Å²) in [6, 6.07) is 20.2. The van der Waals surface area contributed by atoms with Gasteiger partial charge in [-0.3, -0.25) is 0 Å². The molecule has 4 heteroatoms. The predicted octanol–water partition coefficient (Wildman–Crippen LogP) is 7.41. The molecule has 0 fully saturated rings. The van der Waals surface area contributed by atoms with E-state index in [0.29, 0.717) is 5.92 Å². The molecule has 2 aromatic heterocycles. The molecule has 5 rings (SSSR count). The van der Waals surface area contributed by atoms with Crippen molar-refractivity contribution in [3.63, 3.8) is 0 Å². The molecule has 0 spiro atoms. The summed E-state index contributed by atoms with van der Waals surface area (Å²) in [5.41, 5.74) is 4.80. The fourth-order valence-electron chi connectivity index (χ4n) is 4.53. The molecule has 0 saturated heterocycles. The summed E-state index contributed by atoms with van der Waals surface area (Å²) in [7, 11) is 0. The average Bonchev–Trinajstić information content (AvgIpc) is 3.12. The summed E-state index contributed by atoms with van der Waals surface area (Å²) in [5, 5.41) is 3.97. The number of aromatic nitrogens is 2. The van der Waals surface area contributed by atoms with Crippen LogP contribution in [0.5, 0.6) is 0 Å². The maximum absolute atomic E-state index is 4.81. The van der Waals surface area contributed by atoms with E-state index in [2.05, 4.69) is 85.7 Å². The Labute approximate surface area is 190 Å². The van der Waals surface area contributed by atoms with Crippen LogP contribution in [0.2, 0.25) is 17.3 Å². The second kappa shape index (κ2) is 7.72. The molecule has 0 radical (unpaired) electrons. The zero-order valence-corrected chi connectivity index (χ0v) is 21.8. The molecule has 0 unspecified atom stereocenters. The van der Waals surface area contributed by atoms with Crippen molar-refractivity contribution in [1.82, 2.24) is 9.97 Å². The van der Waals surface area contributed by atoms with Crippen LogP contribution in [0.15, 0.2) is 60.9 Å². The number of nitrogens with zero attached hydrogens (tertiary/aromatic N) is 2. The molecule has 156 valence electrons. The van der Waals surface area contributed by atoms with Crippen LogP contribution in [0, 0.1) is 5.92 Å². The predicted molar refractivity (Wildman–Crippen MR) is 139 cm³/mol. The normalized spacial score (nSPS) is 12.5. The third-order valence-corrected chi connectivity index (χ3v) is 11.5. The first-order valence-electron chi connectivity index (χ1n) is 11.0. The molecule has 0 amide bonds. The van der Waals surface area contributed by atoms with E-state index in [1.807, 2.05) is 11.3 Å². The maximum atomic E-state index is 4.81. The van der Waals surface area contributed by atoms with Crippen LogP contribution >= 0.6 is 11.3 Å². The molecule has 0 aliphatic rings. The van der Waals surface area contributed by atoms with Gasteiger partial charge in [-0.05, 0) is 0 Å². The van der Waals surface area contributed by atoms with Gasteiger partial charge in [0.25, 0.3) is 0 Å². The van der Waals surface area contributed by atoms with Gasteiger partial charge in [-0.15, -0.1) is 0 Å². The van der Waals surface area contributed by atoms with Crippen LogP contribution in [0.25, 0.3) is 42.3 Å². The van der Waals surface area contributed by atoms with E-state index in [1.54, 1.807) is 10.7 Å². The van der Waals surface area contributed by atoms with Crippen molar-refractivity contribution in [2.75, 3.05) is 0 Å². The van der Waals surface area contributed by atoms with Crippen LogP contribution in [0.4, 0.5) is 0 Å². The van der Waals surface area contributed by atoms with Gasteiger partial charge in [0.1, 0.15) is 0 Å². The van der Waals surface area contributed by atoms with E-state index < -0.39 is 13.3 Å². The minimum atomic E-state index is -2.08. The number of thiophene rings is 1. The zero-order valence-electron chi connectivity index (χ0n) is 18.9. The third kappa shape index (κ3) is 3.68. The van der Waals surface area contributed by atoms with Gasteiger partial charge in [0, 0.05) is 0 Å². The fraction of sp³-hybridized carbons (Fsp3) is 0.259. The molecular weight excluding hydrogens is 457 g/mol. The van der Waals surface area contributed by atoms with Crippen LogP contribution in [0.1, 0.15) is 19.4 Å². The summed E-state index contributed by atoms with van der Waals surface area (Å²) < 4.78 is 4.11. The van der Waals surface area contributed by atoms with Crippen molar-refractivity contribution in [3.8, 4) is 11.3 Å². The van der Waals surface area contributed by atoms with E-state index in [9.17, 15) is 0 Å². The number of rotatable bonds is 4. The molecule has 0 saturated carbocycles. The quantitative estimate of drug-likeness (QED) is 0.248.